The molecule has 0 atom stereocenters. The molecule has 1 aromatic carbocycles. The Labute approximate surface area is 122 Å². The molecule has 1 aromatic rings. The topological polar surface area (TPSA) is 63.2 Å². The minimum Gasteiger partial charge on any atom is -0.326 e. The number of carbonyl (C=O) groups excluding carboxylic acids is 1. The number of hydrogen-bond acceptors (Lipinski definition) is 3. The molecule has 0 aliphatic rings. The zero-order chi connectivity index (χ0) is 15.6. The second-order valence-electron chi connectivity index (χ2n) is 3.75. The van der Waals surface area contributed by atoms with Gasteiger partial charge < -0.3 is 5.32 Å². The first kappa shape index (κ1) is 17.1. The second-order valence-corrected chi connectivity index (χ2v) is 6.69. The number of nitrogens with one attached hydrogen (secondary N) is 1. The van der Waals surface area contributed by atoms with E-state index in [0.717, 1.165) is 12.1 Å². The molecular weight excluding hydrogens is 342 g/mol. The lowest BCUT2D eigenvalue weighted by Gasteiger charge is -2.08. The molecule has 1 amide bonds. The van der Waals surface area contributed by atoms with Gasteiger partial charge in [-0.15, -0.1) is 0 Å². The Morgan fingerprint density at radius 2 is 1.90 bits per heavy atom. The fourth-order valence-corrected chi connectivity index (χ4v) is 2.78. The van der Waals surface area contributed by atoms with Gasteiger partial charge in [-0.3, -0.25) is 4.79 Å². The van der Waals surface area contributed by atoms with E-state index >= 15 is 0 Å². The summed E-state index contributed by atoms with van der Waals surface area (Å²) in [6.07, 6.45) is -6.41. The molecular formula is C10H8Cl2F3NO3S. The highest BCUT2D eigenvalue weighted by Gasteiger charge is 2.27. The molecule has 1 rings (SSSR count). The lowest BCUT2D eigenvalue weighted by atomic mass is 10.2. The van der Waals surface area contributed by atoms with Crippen LogP contribution in [-0.4, -0.2) is 20.5 Å². The SMILES string of the molecule is O=C(CCC(F)(F)F)Nc1ccc(S(=O)(=O)Cl)c(Cl)c1. The highest BCUT2D eigenvalue weighted by Crippen LogP contribution is 2.28. The summed E-state index contributed by atoms with van der Waals surface area (Å²) in [7, 11) is 1.07. The number of alkyl halides is 3. The van der Waals surface area contributed by atoms with Crippen molar-refractivity contribution in [3.63, 3.8) is 0 Å². The first-order valence-electron chi connectivity index (χ1n) is 5.10. The van der Waals surface area contributed by atoms with Gasteiger partial charge in [0, 0.05) is 22.8 Å². The first-order valence-corrected chi connectivity index (χ1v) is 7.78. The third-order valence-corrected chi connectivity index (χ3v) is 3.92. The number of anilines is 1. The molecule has 0 bridgehead atoms. The van der Waals surface area contributed by atoms with E-state index < -0.39 is 34.0 Å². The summed E-state index contributed by atoms with van der Waals surface area (Å²) in [5.41, 5.74) is 0.0752. The lowest BCUT2D eigenvalue weighted by molar-refractivity contribution is -0.142. The molecule has 0 spiro atoms. The summed E-state index contributed by atoms with van der Waals surface area (Å²) >= 11 is 5.65. The first-order chi connectivity index (χ1) is 8.99. The van der Waals surface area contributed by atoms with Gasteiger partial charge in [-0.05, 0) is 18.2 Å². The van der Waals surface area contributed by atoms with Gasteiger partial charge in [-0.2, -0.15) is 13.2 Å². The van der Waals surface area contributed by atoms with Crippen LogP contribution in [0.25, 0.3) is 0 Å². The Morgan fingerprint density at radius 3 is 2.35 bits per heavy atom. The average Bonchev–Trinajstić information content (AvgIpc) is 2.23. The zero-order valence-corrected chi connectivity index (χ0v) is 12.0. The normalized spacial score (nSPS) is 12.2. The maximum absolute atomic E-state index is 11.9. The molecule has 1 N–H and O–H groups in total. The van der Waals surface area contributed by atoms with Gasteiger partial charge in [0.15, 0.2) is 0 Å². The van der Waals surface area contributed by atoms with E-state index in [2.05, 4.69) is 5.32 Å². The summed E-state index contributed by atoms with van der Waals surface area (Å²) in [4.78, 5) is 10.9. The smallest absolute Gasteiger partial charge is 0.326 e. The van der Waals surface area contributed by atoms with Crippen molar-refractivity contribution in [2.75, 3.05) is 5.32 Å². The lowest BCUT2D eigenvalue weighted by Crippen LogP contribution is -2.16. The van der Waals surface area contributed by atoms with Crippen LogP contribution in [0.2, 0.25) is 5.02 Å². The molecule has 0 aliphatic heterocycles. The molecule has 0 unspecified atom stereocenters. The van der Waals surface area contributed by atoms with Crippen molar-refractivity contribution in [1.29, 1.82) is 0 Å². The molecule has 4 nitrogen and oxygen atoms in total. The number of carbonyl (C=O) groups is 1. The Hall–Kier alpha value is -0.990. The molecule has 0 heterocycles. The summed E-state index contributed by atoms with van der Waals surface area (Å²) < 4.78 is 57.9. The quantitative estimate of drug-likeness (QED) is 0.845. The maximum atomic E-state index is 11.9. The summed E-state index contributed by atoms with van der Waals surface area (Å²) in [6, 6.07) is 3.30. The van der Waals surface area contributed by atoms with Crippen LogP contribution in [0.5, 0.6) is 0 Å². The Balaban J connectivity index is 2.76. The summed E-state index contributed by atoms with van der Waals surface area (Å²) in [6.45, 7) is 0. The van der Waals surface area contributed by atoms with E-state index in [-0.39, 0.29) is 15.6 Å². The van der Waals surface area contributed by atoms with E-state index in [0.29, 0.717) is 0 Å². The molecule has 0 saturated heterocycles. The fourth-order valence-electron chi connectivity index (χ4n) is 1.26. The molecule has 0 saturated carbocycles. The van der Waals surface area contributed by atoms with E-state index in [4.69, 9.17) is 22.3 Å². The summed E-state index contributed by atoms with van der Waals surface area (Å²) in [5.74, 6) is -0.861. The van der Waals surface area contributed by atoms with Gasteiger partial charge in [0.05, 0.1) is 11.4 Å². The maximum Gasteiger partial charge on any atom is 0.389 e. The van der Waals surface area contributed by atoms with Gasteiger partial charge in [-0.25, -0.2) is 8.42 Å². The predicted octanol–water partition coefficient (Wildman–Crippen LogP) is 3.55. The third kappa shape index (κ3) is 5.56. The van der Waals surface area contributed by atoms with E-state index in [1.807, 2.05) is 0 Å². The summed E-state index contributed by atoms with van der Waals surface area (Å²) in [5, 5.41) is 1.93. The highest BCUT2D eigenvalue weighted by molar-refractivity contribution is 8.13. The molecule has 0 aromatic heterocycles. The Bertz CT molecular complexity index is 617. The van der Waals surface area contributed by atoms with E-state index in [1.54, 1.807) is 0 Å². The van der Waals surface area contributed by atoms with E-state index in [9.17, 15) is 26.4 Å². The van der Waals surface area contributed by atoms with Crippen molar-refractivity contribution < 1.29 is 26.4 Å². The zero-order valence-electron chi connectivity index (χ0n) is 9.67. The van der Waals surface area contributed by atoms with Crippen molar-refractivity contribution in [3.05, 3.63) is 23.2 Å². The van der Waals surface area contributed by atoms with Crippen molar-refractivity contribution in [3.8, 4) is 0 Å². The molecule has 0 aliphatic carbocycles. The third-order valence-electron chi connectivity index (χ3n) is 2.11. The fraction of sp³-hybridized carbons (Fsp3) is 0.300. The van der Waals surface area contributed by atoms with Crippen LogP contribution in [-0.2, 0) is 13.8 Å². The number of rotatable bonds is 4. The van der Waals surface area contributed by atoms with Crippen LogP contribution in [0.3, 0.4) is 0 Å². The highest BCUT2D eigenvalue weighted by atomic mass is 35.7. The van der Waals surface area contributed by atoms with Crippen LogP contribution in [0.1, 0.15) is 12.8 Å². The van der Waals surface area contributed by atoms with Crippen LogP contribution in [0, 0.1) is 0 Å². The van der Waals surface area contributed by atoms with E-state index in [1.165, 1.54) is 6.07 Å². The Kier molecular flexibility index (Phi) is 5.28. The molecule has 20 heavy (non-hydrogen) atoms. The number of hydrogen-bond donors (Lipinski definition) is 1. The number of halogens is 5. The van der Waals surface area contributed by atoms with Gasteiger partial charge in [-0.1, -0.05) is 11.6 Å². The number of benzene rings is 1. The molecule has 112 valence electrons. The van der Waals surface area contributed by atoms with Crippen LogP contribution < -0.4 is 5.32 Å². The van der Waals surface area contributed by atoms with Crippen molar-refractivity contribution in [2.45, 2.75) is 23.9 Å². The van der Waals surface area contributed by atoms with Crippen LogP contribution >= 0.6 is 22.3 Å². The molecule has 10 heteroatoms. The molecule has 0 radical (unpaired) electrons. The predicted molar refractivity (Wildman–Crippen MR) is 68.4 cm³/mol. The number of amides is 1. The van der Waals surface area contributed by atoms with Crippen molar-refractivity contribution >= 4 is 42.9 Å². The van der Waals surface area contributed by atoms with Crippen molar-refractivity contribution in [1.82, 2.24) is 0 Å². The standard InChI is InChI=1S/C10H8Cl2F3NO3S/c11-7-5-6(1-2-8(7)20(12,18)19)16-9(17)3-4-10(13,14)15/h1-2,5H,3-4H2,(H,16,17). The second kappa shape index (κ2) is 6.19. The van der Waals surface area contributed by atoms with Crippen LogP contribution in [0.4, 0.5) is 18.9 Å². The molecule has 0 fully saturated rings. The van der Waals surface area contributed by atoms with Gasteiger partial charge in [0.25, 0.3) is 9.05 Å². The monoisotopic (exact) mass is 349 g/mol. The van der Waals surface area contributed by atoms with Gasteiger partial charge in [0.2, 0.25) is 5.91 Å². The largest absolute Gasteiger partial charge is 0.389 e. The average molecular weight is 350 g/mol. The minimum absolute atomic E-state index is 0.0752. The van der Waals surface area contributed by atoms with Crippen molar-refractivity contribution in [2.24, 2.45) is 0 Å². The van der Waals surface area contributed by atoms with Gasteiger partial charge in [0.1, 0.15) is 4.90 Å². The Morgan fingerprint density at radius 1 is 1.30 bits per heavy atom. The van der Waals surface area contributed by atoms with Crippen LogP contribution in [0.15, 0.2) is 23.1 Å². The minimum atomic E-state index is -4.43. The van der Waals surface area contributed by atoms with Gasteiger partial charge >= 0.3 is 6.18 Å².